The van der Waals surface area contributed by atoms with E-state index in [0.29, 0.717) is 28.4 Å². The molecule has 0 spiro atoms. The van der Waals surface area contributed by atoms with Crippen molar-refractivity contribution in [2.24, 2.45) is 0 Å². The molecule has 1 N–H and O–H groups in total. The third kappa shape index (κ3) is 5.31. The highest BCUT2D eigenvalue weighted by Crippen LogP contribution is 2.27. The van der Waals surface area contributed by atoms with Crippen molar-refractivity contribution in [3.63, 3.8) is 0 Å². The van der Waals surface area contributed by atoms with E-state index >= 15 is 0 Å². The topological polar surface area (TPSA) is 41.9 Å². The molecule has 0 aromatic heterocycles. The first kappa shape index (κ1) is 16.8. The van der Waals surface area contributed by atoms with Crippen LogP contribution in [-0.2, 0) is 4.74 Å². The lowest BCUT2D eigenvalue weighted by Gasteiger charge is -2.32. The molecule has 1 unspecified atom stereocenters. The molecule has 1 aliphatic heterocycles. The van der Waals surface area contributed by atoms with E-state index in [9.17, 15) is 5.11 Å². The van der Waals surface area contributed by atoms with E-state index in [4.69, 9.17) is 32.7 Å². The van der Waals surface area contributed by atoms with Gasteiger partial charge in [-0.1, -0.05) is 23.2 Å². The third-order valence-corrected chi connectivity index (χ3v) is 4.19. The molecule has 6 heteroatoms. The van der Waals surface area contributed by atoms with Crippen molar-refractivity contribution >= 4 is 23.2 Å². The second-order valence-corrected chi connectivity index (χ2v) is 6.12. The van der Waals surface area contributed by atoms with Crippen molar-refractivity contribution in [3.05, 3.63) is 28.2 Å². The fourth-order valence-electron chi connectivity index (χ4n) is 2.46. The number of hydrogen-bond donors (Lipinski definition) is 1. The summed E-state index contributed by atoms with van der Waals surface area (Å²) in [6.45, 7) is 2.70. The standard InChI is InChI=1S/C15H21Cl2NO3/c1-20-13-4-6-18(7-5-13)9-12(19)10-21-15-3-2-11(16)8-14(15)17/h2-3,8,12-13,19H,4-7,9-10H2,1H3. The van der Waals surface area contributed by atoms with E-state index in [1.165, 1.54) is 0 Å². The van der Waals surface area contributed by atoms with Gasteiger partial charge >= 0.3 is 0 Å². The van der Waals surface area contributed by atoms with Crippen molar-refractivity contribution in [2.75, 3.05) is 33.4 Å². The summed E-state index contributed by atoms with van der Waals surface area (Å²) in [6, 6.07) is 5.05. The highest BCUT2D eigenvalue weighted by molar-refractivity contribution is 6.35. The van der Waals surface area contributed by atoms with E-state index in [2.05, 4.69) is 4.90 Å². The normalized spacial score (nSPS) is 18.7. The molecule has 0 amide bonds. The second-order valence-electron chi connectivity index (χ2n) is 5.28. The molecule has 4 nitrogen and oxygen atoms in total. The summed E-state index contributed by atoms with van der Waals surface area (Å²) in [4.78, 5) is 2.23. The number of piperidine rings is 1. The van der Waals surface area contributed by atoms with Crippen LogP contribution in [0.3, 0.4) is 0 Å². The van der Waals surface area contributed by atoms with Gasteiger partial charge in [-0.25, -0.2) is 0 Å². The minimum atomic E-state index is -0.546. The zero-order valence-corrected chi connectivity index (χ0v) is 13.6. The second kappa shape index (κ2) is 8.20. The van der Waals surface area contributed by atoms with Gasteiger partial charge in [0.2, 0.25) is 0 Å². The first-order valence-corrected chi connectivity index (χ1v) is 7.85. The van der Waals surface area contributed by atoms with Gasteiger partial charge in [0.1, 0.15) is 18.5 Å². The van der Waals surface area contributed by atoms with Crippen LogP contribution in [0.4, 0.5) is 0 Å². The smallest absolute Gasteiger partial charge is 0.138 e. The van der Waals surface area contributed by atoms with Crippen LogP contribution in [0.2, 0.25) is 10.0 Å². The average Bonchev–Trinajstić information content (AvgIpc) is 2.47. The van der Waals surface area contributed by atoms with Crippen molar-refractivity contribution in [1.29, 1.82) is 0 Å². The Balaban J connectivity index is 1.73. The van der Waals surface area contributed by atoms with Crippen LogP contribution in [-0.4, -0.2) is 55.6 Å². The van der Waals surface area contributed by atoms with E-state index in [1.54, 1.807) is 25.3 Å². The number of aliphatic hydroxyl groups excluding tert-OH is 1. The quantitative estimate of drug-likeness (QED) is 0.869. The molecular formula is C15H21Cl2NO3. The maximum Gasteiger partial charge on any atom is 0.138 e. The number of halogens is 2. The lowest BCUT2D eigenvalue weighted by atomic mass is 10.1. The van der Waals surface area contributed by atoms with Crippen molar-refractivity contribution in [1.82, 2.24) is 4.90 Å². The first-order chi connectivity index (χ1) is 10.1. The minimum Gasteiger partial charge on any atom is -0.489 e. The lowest BCUT2D eigenvalue weighted by molar-refractivity contribution is 0.0153. The van der Waals surface area contributed by atoms with Crippen molar-refractivity contribution in [2.45, 2.75) is 25.0 Å². The number of β-amino-alcohol motifs (C(OH)–C–C–N with tert-alkyl or cyclic N) is 1. The summed E-state index contributed by atoms with van der Waals surface area (Å²) in [6.07, 6.45) is 1.82. The monoisotopic (exact) mass is 333 g/mol. The van der Waals surface area contributed by atoms with Gasteiger partial charge < -0.3 is 19.5 Å². The number of methoxy groups -OCH3 is 1. The van der Waals surface area contributed by atoms with E-state index in [-0.39, 0.29) is 6.61 Å². The largest absolute Gasteiger partial charge is 0.489 e. The van der Waals surface area contributed by atoms with Gasteiger partial charge in [0, 0.05) is 31.8 Å². The Labute approximate surface area is 135 Å². The molecule has 0 bridgehead atoms. The number of ether oxygens (including phenoxy) is 2. The van der Waals surface area contributed by atoms with Crippen LogP contribution >= 0.6 is 23.2 Å². The van der Waals surface area contributed by atoms with Gasteiger partial charge in [-0.2, -0.15) is 0 Å². The lowest BCUT2D eigenvalue weighted by Crippen LogP contribution is -2.42. The Hall–Kier alpha value is -0.520. The van der Waals surface area contributed by atoms with Crippen molar-refractivity contribution in [3.8, 4) is 5.75 Å². The fraction of sp³-hybridized carbons (Fsp3) is 0.600. The Kier molecular flexibility index (Phi) is 6.58. The van der Waals surface area contributed by atoms with Crippen LogP contribution in [0.5, 0.6) is 5.75 Å². The summed E-state index contributed by atoms with van der Waals surface area (Å²) in [7, 11) is 1.75. The van der Waals surface area contributed by atoms with Crippen LogP contribution < -0.4 is 4.74 Å². The Morgan fingerprint density at radius 1 is 1.33 bits per heavy atom. The molecule has 0 saturated carbocycles. The highest BCUT2D eigenvalue weighted by atomic mass is 35.5. The van der Waals surface area contributed by atoms with Crippen molar-refractivity contribution < 1.29 is 14.6 Å². The number of nitrogens with zero attached hydrogens (tertiary/aromatic N) is 1. The first-order valence-electron chi connectivity index (χ1n) is 7.09. The number of rotatable bonds is 6. The summed E-state index contributed by atoms with van der Waals surface area (Å²) in [5.74, 6) is 0.540. The maximum absolute atomic E-state index is 10.1. The van der Waals surface area contributed by atoms with Crippen LogP contribution in [0.25, 0.3) is 0 Å². The molecule has 1 fully saturated rings. The molecule has 21 heavy (non-hydrogen) atoms. The summed E-state index contributed by atoms with van der Waals surface area (Å²) < 4.78 is 10.9. The molecule has 1 aromatic carbocycles. The Bertz CT molecular complexity index is 451. The minimum absolute atomic E-state index is 0.214. The third-order valence-electron chi connectivity index (χ3n) is 3.66. The predicted molar refractivity (Wildman–Crippen MR) is 84.4 cm³/mol. The average molecular weight is 334 g/mol. The molecule has 1 saturated heterocycles. The summed E-state index contributed by atoms with van der Waals surface area (Å²) in [5, 5.41) is 11.1. The van der Waals surface area contributed by atoms with Gasteiger partial charge in [-0.05, 0) is 31.0 Å². The number of benzene rings is 1. The van der Waals surface area contributed by atoms with E-state index in [0.717, 1.165) is 25.9 Å². The zero-order chi connectivity index (χ0) is 15.2. The molecule has 2 rings (SSSR count). The predicted octanol–water partition coefficient (Wildman–Crippen LogP) is 2.84. The SMILES string of the molecule is COC1CCN(CC(O)COc2ccc(Cl)cc2Cl)CC1. The molecule has 1 atom stereocenters. The van der Waals surface area contributed by atoms with Gasteiger partial charge in [-0.15, -0.1) is 0 Å². The zero-order valence-electron chi connectivity index (χ0n) is 12.1. The molecule has 118 valence electrons. The van der Waals surface area contributed by atoms with Crippen LogP contribution in [0.15, 0.2) is 18.2 Å². The summed E-state index contributed by atoms with van der Waals surface area (Å²) >= 11 is 11.8. The fourth-order valence-corrected chi connectivity index (χ4v) is 2.92. The molecule has 0 aliphatic carbocycles. The molecule has 0 radical (unpaired) electrons. The Morgan fingerprint density at radius 3 is 2.67 bits per heavy atom. The van der Waals surface area contributed by atoms with Gasteiger partial charge in [0.05, 0.1) is 11.1 Å². The highest BCUT2D eigenvalue weighted by Gasteiger charge is 2.20. The number of hydrogen-bond acceptors (Lipinski definition) is 4. The molecule has 1 heterocycles. The number of likely N-dealkylation sites (tertiary alicyclic amines) is 1. The molecule has 1 aromatic rings. The maximum atomic E-state index is 10.1. The Morgan fingerprint density at radius 2 is 2.05 bits per heavy atom. The molecule has 1 aliphatic rings. The number of aliphatic hydroxyl groups is 1. The van der Waals surface area contributed by atoms with Gasteiger partial charge in [0.25, 0.3) is 0 Å². The van der Waals surface area contributed by atoms with Crippen LogP contribution in [0, 0.1) is 0 Å². The van der Waals surface area contributed by atoms with Gasteiger partial charge in [0.15, 0.2) is 0 Å². The van der Waals surface area contributed by atoms with E-state index < -0.39 is 6.10 Å². The van der Waals surface area contributed by atoms with Crippen LogP contribution in [0.1, 0.15) is 12.8 Å². The summed E-state index contributed by atoms with van der Waals surface area (Å²) in [5.41, 5.74) is 0. The van der Waals surface area contributed by atoms with Gasteiger partial charge in [-0.3, -0.25) is 0 Å². The molecular weight excluding hydrogens is 313 g/mol. The van der Waals surface area contributed by atoms with E-state index in [1.807, 2.05) is 0 Å².